The van der Waals surface area contributed by atoms with Crippen LogP contribution in [-0.2, 0) is 10.0 Å². The van der Waals surface area contributed by atoms with E-state index < -0.39 is 10.0 Å². The SMILES string of the molecule is Cc1c(C(=O)NC2CCC(C)C(C)C2)csc1S(N)(=O)=O. The molecule has 118 valence electrons. The summed E-state index contributed by atoms with van der Waals surface area (Å²) in [5, 5.41) is 9.73. The van der Waals surface area contributed by atoms with E-state index in [4.69, 9.17) is 5.14 Å². The van der Waals surface area contributed by atoms with Gasteiger partial charge in [-0.1, -0.05) is 13.8 Å². The van der Waals surface area contributed by atoms with Crippen molar-refractivity contribution >= 4 is 27.3 Å². The van der Waals surface area contributed by atoms with Gasteiger partial charge in [0.05, 0.1) is 5.56 Å². The van der Waals surface area contributed by atoms with Crippen molar-refractivity contribution in [2.24, 2.45) is 17.0 Å². The first-order valence-electron chi connectivity index (χ1n) is 7.12. The van der Waals surface area contributed by atoms with Gasteiger partial charge in [-0.2, -0.15) is 0 Å². The van der Waals surface area contributed by atoms with Gasteiger partial charge < -0.3 is 5.32 Å². The highest BCUT2D eigenvalue weighted by atomic mass is 32.2. The Morgan fingerprint density at radius 1 is 1.33 bits per heavy atom. The average Bonchev–Trinajstić information content (AvgIpc) is 2.75. The number of thiophene rings is 1. The molecule has 1 aromatic rings. The molecule has 1 aliphatic carbocycles. The van der Waals surface area contributed by atoms with Crippen LogP contribution < -0.4 is 10.5 Å². The van der Waals surface area contributed by atoms with E-state index in [2.05, 4.69) is 19.2 Å². The summed E-state index contributed by atoms with van der Waals surface area (Å²) >= 11 is 1.00. The van der Waals surface area contributed by atoms with Crippen LogP contribution in [0.4, 0.5) is 0 Å². The molecule has 3 N–H and O–H groups in total. The third-order valence-corrected chi connectivity index (χ3v) is 7.11. The number of primary sulfonamides is 1. The van der Waals surface area contributed by atoms with E-state index in [9.17, 15) is 13.2 Å². The van der Waals surface area contributed by atoms with Crippen LogP contribution in [0.25, 0.3) is 0 Å². The van der Waals surface area contributed by atoms with Gasteiger partial charge in [-0.3, -0.25) is 4.79 Å². The van der Waals surface area contributed by atoms with Gasteiger partial charge >= 0.3 is 0 Å². The highest BCUT2D eigenvalue weighted by molar-refractivity contribution is 7.91. The standard InChI is InChI=1S/C14H22N2O3S2/c1-8-4-5-11(6-9(8)2)16-13(17)12-7-20-14(10(12)3)21(15,18)19/h7-9,11H,4-6H2,1-3H3,(H,16,17)(H2,15,18,19). The van der Waals surface area contributed by atoms with E-state index in [1.807, 2.05) is 0 Å². The fraction of sp³-hybridized carbons (Fsp3) is 0.643. The van der Waals surface area contributed by atoms with Gasteiger partial charge in [0, 0.05) is 11.4 Å². The molecule has 5 nitrogen and oxygen atoms in total. The minimum absolute atomic E-state index is 0.0679. The summed E-state index contributed by atoms with van der Waals surface area (Å²) in [5.41, 5.74) is 0.854. The molecule has 0 saturated heterocycles. The zero-order valence-electron chi connectivity index (χ0n) is 12.5. The molecular weight excluding hydrogens is 308 g/mol. The number of nitrogens with two attached hydrogens (primary N) is 1. The molecule has 0 spiro atoms. The summed E-state index contributed by atoms with van der Waals surface area (Å²) in [5.74, 6) is 1.08. The lowest BCUT2D eigenvalue weighted by molar-refractivity contribution is 0.0910. The lowest BCUT2D eigenvalue weighted by Gasteiger charge is -2.32. The minimum Gasteiger partial charge on any atom is -0.349 e. The van der Waals surface area contributed by atoms with Gasteiger partial charge in [-0.05, 0) is 43.6 Å². The van der Waals surface area contributed by atoms with Crippen molar-refractivity contribution in [3.05, 3.63) is 16.5 Å². The van der Waals surface area contributed by atoms with Gasteiger partial charge in [-0.15, -0.1) is 11.3 Å². The van der Waals surface area contributed by atoms with Gasteiger partial charge in [0.1, 0.15) is 4.21 Å². The third kappa shape index (κ3) is 3.64. The lowest BCUT2D eigenvalue weighted by Crippen LogP contribution is -2.39. The molecule has 0 radical (unpaired) electrons. The number of sulfonamides is 1. The van der Waals surface area contributed by atoms with Crippen LogP contribution in [0.3, 0.4) is 0 Å². The van der Waals surface area contributed by atoms with Crippen LogP contribution in [0.15, 0.2) is 9.59 Å². The maximum atomic E-state index is 12.3. The molecule has 21 heavy (non-hydrogen) atoms. The van der Waals surface area contributed by atoms with Crippen LogP contribution >= 0.6 is 11.3 Å². The second-order valence-electron chi connectivity index (χ2n) is 6.04. The summed E-state index contributed by atoms with van der Waals surface area (Å²) in [6.45, 7) is 6.07. The van der Waals surface area contributed by atoms with Gasteiger partial charge in [0.15, 0.2) is 0 Å². The highest BCUT2D eigenvalue weighted by Gasteiger charge is 2.27. The molecule has 0 bridgehead atoms. The highest BCUT2D eigenvalue weighted by Crippen LogP contribution is 2.30. The van der Waals surface area contributed by atoms with Crippen LogP contribution in [0.2, 0.25) is 0 Å². The van der Waals surface area contributed by atoms with E-state index in [1.54, 1.807) is 12.3 Å². The van der Waals surface area contributed by atoms with Crippen LogP contribution in [0.1, 0.15) is 49.0 Å². The Bertz CT molecular complexity index is 637. The van der Waals surface area contributed by atoms with E-state index >= 15 is 0 Å². The Labute approximate surface area is 130 Å². The summed E-state index contributed by atoms with van der Waals surface area (Å²) in [6, 6.07) is 0.168. The summed E-state index contributed by atoms with van der Waals surface area (Å²) in [6.07, 6.45) is 3.05. The zero-order chi connectivity index (χ0) is 15.8. The minimum atomic E-state index is -3.76. The molecule has 1 aliphatic rings. The number of hydrogen-bond acceptors (Lipinski definition) is 4. The van der Waals surface area contributed by atoms with Crippen LogP contribution in [0, 0.1) is 18.8 Å². The van der Waals surface area contributed by atoms with E-state index in [0.717, 1.165) is 30.6 Å². The van der Waals surface area contributed by atoms with Gasteiger partial charge in [0.2, 0.25) is 10.0 Å². The monoisotopic (exact) mass is 330 g/mol. The van der Waals surface area contributed by atoms with Crippen LogP contribution in [-0.4, -0.2) is 20.4 Å². The fourth-order valence-corrected chi connectivity index (χ4v) is 4.86. The number of rotatable bonds is 3. The molecule has 3 unspecified atom stereocenters. The number of hydrogen-bond donors (Lipinski definition) is 2. The second kappa shape index (κ2) is 6.06. The Morgan fingerprint density at radius 2 is 2.00 bits per heavy atom. The lowest BCUT2D eigenvalue weighted by atomic mass is 9.79. The van der Waals surface area contributed by atoms with Gasteiger partial charge in [0.25, 0.3) is 5.91 Å². The summed E-state index contributed by atoms with van der Waals surface area (Å²) in [4.78, 5) is 12.3. The first-order valence-corrected chi connectivity index (χ1v) is 9.54. The Balaban J connectivity index is 2.10. The Kier molecular flexibility index (Phi) is 4.75. The van der Waals surface area contributed by atoms with Gasteiger partial charge in [-0.25, -0.2) is 13.6 Å². The summed E-state index contributed by atoms with van der Waals surface area (Å²) < 4.78 is 22.9. The zero-order valence-corrected chi connectivity index (χ0v) is 14.2. The summed E-state index contributed by atoms with van der Waals surface area (Å²) in [7, 11) is -3.76. The molecule has 3 atom stereocenters. The Morgan fingerprint density at radius 3 is 2.52 bits per heavy atom. The predicted molar refractivity (Wildman–Crippen MR) is 83.9 cm³/mol. The molecule has 2 rings (SSSR count). The smallest absolute Gasteiger partial charge is 0.252 e. The van der Waals surface area contributed by atoms with Crippen molar-refractivity contribution in [1.82, 2.24) is 5.32 Å². The molecule has 0 aromatic carbocycles. The van der Waals surface area contributed by atoms with Crippen molar-refractivity contribution in [1.29, 1.82) is 0 Å². The number of amides is 1. The normalized spacial score (nSPS) is 26.6. The maximum Gasteiger partial charge on any atom is 0.252 e. The van der Waals surface area contributed by atoms with Crippen molar-refractivity contribution < 1.29 is 13.2 Å². The molecule has 1 fully saturated rings. The number of carbonyl (C=O) groups is 1. The molecule has 1 saturated carbocycles. The van der Waals surface area contributed by atoms with E-state index in [-0.39, 0.29) is 16.2 Å². The van der Waals surface area contributed by atoms with Crippen molar-refractivity contribution in [2.45, 2.75) is 50.3 Å². The first kappa shape index (κ1) is 16.5. The predicted octanol–water partition coefficient (Wildman–Crippen LogP) is 2.26. The van der Waals surface area contributed by atoms with Crippen molar-refractivity contribution in [3.8, 4) is 0 Å². The maximum absolute atomic E-state index is 12.3. The third-order valence-electron chi connectivity index (χ3n) is 4.43. The number of nitrogens with one attached hydrogen (secondary N) is 1. The van der Waals surface area contributed by atoms with Crippen molar-refractivity contribution in [3.63, 3.8) is 0 Å². The molecule has 1 aromatic heterocycles. The van der Waals surface area contributed by atoms with E-state index in [0.29, 0.717) is 23.0 Å². The molecular formula is C14H22N2O3S2. The van der Waals surface area contributed by atoms with Crippen molar-refractivity contribution in [2.75, 3.05) is 0 Å². The van der Waals surface area contributed by atoms with E-state index in [1.165, 1.54) is 0 Å². The second-order valence-corrected chi connectivity index (χ2v) is 8.68. The first-order chi connectivity index (χ1) is 9.70. The quantitative estimate of drug-likeness (QED) is 0.891. The Hall–Kier alpha value is -0.920. The fourth-order valence-electron chi connectivity index (χ4n) is 2.85. The average molecular weight is 330 g/mol. The molecule has 1 heterocycles. The van der Waals surface area contributed by atoms with Crippen LogP contribution in [0.5, 0.6) is 0 Å². The molecule has 0 aliphatic heterocycles. The number of carbonyl (C=O) groups excluding carboxylic acids is 1. The molecule has 1 amide bonds. The molecule has 7 heteroatoms. The largest absolute Gasteiger partial charge is 0.349 e. The topological polar surface area (TPSA) is 89.3 Å².